The molecule has 3 heteroatoms. The Bertz CT molecular complexity index is 541. The van der Waals surface area contributed by atoms with Crippen LogP contribution in [-0.4, -0.2) is 11.0 Å². The molecule has 0 aliphatic heterocycles. The molecule has 3 rings (SSSR count). The van der Waals surface area contributed by atoms with E-state index >= 15 is 0 Å². The van der Waals surface area contributed by atoms with Crippen molar-refractivity contribution in [3.8, 4) is 10.6 Å². The molecule has 1 aromatic heterocycles. The standard InChI is InChI=1S/C16H20N2S/c1-12-5-4-6-13(9-12)16-18-11-15(19-16)10-17-14-7-2-3-8-14/h4-6,9,11,14,17H,2-3,7-8,10H2,1H3. The number of hydrogen-bond acceptors (Lipinski definition) is 3. The molecule has 0 saturated heterocycles. The fourth-order valence-corrected chi connectivity index (χ4v) is 3.54. The maximum Gasteiger partial charge on any atom is 0.123 e. The van der Waals surface area contributed by atoms with Crippen LogP contribution in [0.5, 0.6) is 0 Å². The van der Waals surface area contributed by atoms with Crippen molar-refractivity contribution >= 4 is 11.3 Å². The fourth-order valence-electron chi connectivity index (χ4n) is 2.68. The fraction of sp³-hybridized carbons (Fsp3) is 0.438. The second-order valence-corrected chi connectivity index (χ2v) is 6.48. The third-order valence-electron chi connectivity index (χ3n) is 3.74. The molecule has 1 aliphatic carbocycles. The third-order valence-corrected chi connectivity index (χ3v) is 4.79. The van der Waals surface area contributed by atoms with Crippen molar-refractivity contribution in [2.45, 2.75) is 45.2 Å². The average molecular weight is 272 g/mol. The molecule has 0 amide bonds. The van der Waals surface area contributed by atoms with Crippen LogP contribution in [0.3, 0.4) is 0 Å². The lowest BCUT2D eigenvalue weighted by atomic mass is 10.1. The summed E-state index contributed by atoms with van der Waals surface area (Å²) in [6.45, 7) is 3.09. The van der Waals surface area contributed by atoms with Crippen LogP contribution in [0.1, 0.15) is 36.1 Å². The largest absolute Gasteiger partial charge is 0.309 e. The van der Waals surface area contributed by atoms with Gasteiger partial charge >= 0.3 is 0 Å². The van der Waals surface area contributed by atoms with Crippen LogP contribution in [0.25, 0.3) is 10.6 Å². The Balaban J connectivity index is 1.65. The van der Waals surface area contributed by atoms with Gasteiger partial charge in [0.1, 0.15) is 5.01 Å². The van der Waals surface area contributed by atoms with Gasteiger partial charge in [-0.2, -0.15) is 0 Å². The number of aromatic nitrogens is 1. The van der Waals surface area contributed by atoms with Gasteiger partial charge in [0.15, 0.2) is 0 Å². The lowest BCUT2D eigenvalue weighted by Gasteiger charge is -2.09. The second-order valence-electron chi connectivity index (χ2n) is 5.36. The number of aryl methyl sites for hydroxylation is 1. The molecule has 0 atom stereocenters. The Morgan fingerprint density at radius 1 is 1.32 bits per heavy atom. The number of thiazole rings is 1. The molecule has 2 nitrogen and oxygen atoms in total. The van der Waals surface area contributed by atoms with Gasteiger partial charge in [-0.3, -0.25) is 0 Å². The smallest absolute Gasteiger partial charge is 0.123 e. The summed E-state index contributed by atoms with van der Waals surface area (Å²) in [5.41, 5.74) is 2.52. The van der Waals surface area contributed by atoms with E-state index in [0.717, 1.165) is 17.6 Å². The van der Waals surface area contributed by atoms with Crippen molar-refractivity contribution < 1.29 is 0 Å². The van der Waals surface area contributed by atoms with Crippen molar-refractivity contribution in [2.75, 3.05) is 0 Å². The molecular weight excluding hydrogens is 252 g/mol. The van der Waals surface area contributed by atoms with Gasteiger partial charge in [-0.05, 0) is 25.8 Å². The maximum atomic E-state index is 4.55. The summed E-state index contributed by atoms with van der Waals surface area (Å²) >= 11 is 1.80. The van der Waals surface area contributed by atoms with E-state index in [4.69, 9.17) is 0 Å². The van der Waals surface area contributed by atoms with Crippen LogP contribution in [0, 0.1) is 6.92 Å². The van der Waals surface area contributed by atoms with E-state index in [9.17, 15) is 0 Å². The molecule has 19 heavy (non-hydrogen) atoms. The normalized spacial score (nSPS) is 16.1. The Labute approximate surface area is 118 Å². The first kappa shape index (κ1) is 12.8. The van der Waals surface area contributed by atoms with Gasteiger partial charge in [-0.1, -0.05) is 36.6 Å². The monoisotopic (exact) mass is 272 g/mol. The third kappa shape index (κ3) is 3.23. The highest BCUT2D eigenvalue weighted by atomic mass is 32.1. The quantitative estimate of drug-likeness (QED) is 0.904. The Kier molecular flexibility index (Phi) is 3.95. The highest BCUT2D eigenvalue weighted by Crippen LogP contribution is 2.26. The van der Waals surface area contributed by atoms with Crippen molar-refractivity contribution in [2.24, 2.45) is 0 Å². The van der Waals surface area contributed by atoms with E-state index in [1.54, 1.807) is 11.3 Å². The van der Waals surface area contributed by atoms with Gasteiger partial charge in [0.05, 0.1) is 0 Å². The van der Waals surface area contributed by atoms with Crippen LogP contribution in [0.15, 0.2) is 30.5 Å². The molecule has 1 aromatic carbocycles. The molecule has 0 bridgehead atoms. The first-order chi connectivity index (χ1) is 9.31. The number of hydrogen-bond donors (Lipinski definition) is 1. The predicted octanol–water partition coefficient (Wildman–Crippen LogP) is 4.15. The van der Waals surface area contributed by atoms with Gasteiger partial charge in [0.25, 0.3) is 0 Å². The van der Waals surface area contributed by atoms with Crippen molar-refractivity contribution in [1.29, 1.82) is 0 Å². The Hall–Kier alpha value is -1.19. The average Bonchev–Trinajstić information content (AvgIpc) is 3.08. The SMILES string of the molecule is Cc1cccc(-c2ncc(CNC3CCCC3)s2)c1. The molecule has 100 valence electrons. The van der Waals surface area contributed by atoms with E-state index in [1.165, 1.54) is 41.7 Å². The molecule has 0 spiro atoms. The van der Waals surface area contributed by atoms with E-state index in [1.807, 2.05) is 6.20 Å². The molecule has 2 aromatic rings. The van der Waals surface area contributed by atoms with E-state index < -0.39 is 0 Å². The first-order valence-corrected chi connectivity index (χ1v) is 7.88. The zero-order valence-electron chi connectivity index (χ0n) is 11.4. The molecule has 0 unspecified atom stereocenters. The van der Waals surface area contributed by atoms with Gasteiger partial charge in [0.2, 0.25) is 0 Å². The summed E-state index contributed by atoms with van der Waals surface area (Å²) in [6.07, 6.45) is 7.46. The summed E-state index contributed by atoms with van der Waals surface area (Å²) < 4.78 is 0. The summed E-state index contributed by atoms with van der Waals surface area (Å²) in [6, 6.07) is 9.29. The number of nitrogens with one attached hydrogen (secondary N) is 1. The van der Waals surface area contributed by atoms with Crippen molar-refractivity contribution in [3.05, 3.63) is 40.9 Å². The van der Waals surface area contributed by atoms with Crippen molar-refractivity contribution in [1.82, 2.24) is 10.3 Å². The topological polar surface area (TPSA) is 24.9 Å². The van der Waals surface area contributed by atoms with Crippen LogP contribution in [0.4, 0.5) is 0 Å². The molecule has 1 saturated carbocycles. The maximum absolute atomic E-state index is 4.55. The molecular formula is C16H20N2S. The highest BCUT2D eigenvalue weighted by molar-refractivity contribution is 7.15. The lowest BCUT2D eigenvalue weighted by molar-refractivity contribution is 0.527. The Morgan fingerprint density at radius 2 is 2.16 bits per heavy atom. The van der Waals surface area contributed by atoms with Crippen LogP contribution < -0.4 is 5.32 Å². The highest BCUT2D eigenvalue weighted by Gasteiger charge is 2.14. The second kappa shape index (κ2) is 5.85. The predicted molar refractivity (Wildman–Crippen MR) is 81.4 cm³/mol. The van der Waals surface area contributed by atoms with Crippen molar-refractivity contribution in [3.63, 3.8) is 0 Å². The lowest BCUT2D eigenvalue weighted by Crippen LogP contribution is -2.24. The summed E-state index contributed by atoms with van der Waals surface area (Å²) in [5.74, 6) is 0. The van der Waals surface area contributed by atoms with Crippen LogP contribution >= 0.6 is 11.3 Å². The molecule has 1 heterocycles. The van der Waals surface area contributed by atoms with E-state index in [2.05, 4.69) is 41.5 Å². The number of benzene rings is 1. The summed E-state index contributed by atoms with van der Waals surface area (Å²) in [7, 11) is 0. The molecule has 1 N–H and O–H groups in total. The van der Waals surface area contributed by atoms with Gasteiger partial charge < -0.3 is 5.32 Å². The molecule has 1 aliphatic rings. The molecule has 0 radical (unpaired) electrons. The minimum absolute atomic E-state index is 0.726. The van der Waals surface area contributed by atoms with Gasteiger partial charge in [-0.15, -0.1) is 11.3 Å². The Morgan fingerprint density at radius 3 is 2.95 bits per heavy atom. The van der Waals surface area contributed by atoms with E-state index in [-0.39, 0.29) is 0 Å². The van der Waals surface area contributed by atoms with Crippen LogP contribution in [-0.2, 0) is 6.54 Å². The minimum Gasteiger partial charge on any atom is -0.309 e. The zero-order chi connectivity index (χ0) is 13.1. The minimum atomic E-state index is 0.726. The van der Waals surface area contributed by atoms with Crippen LogP contribution in [0.2, 0.25) is 0 Å². The first-order valence-electron chi connectivity index (χ1n) is 7.06. The molecule has 1 fully saturated rings. The van der Waals surface area contributed by atoms with E-state index in [0.29, 0.717) is 0 Å². The number of nitrogens with zero attached hydrogens (tertiary/aromatic N) is 1. The summed E-state index contributed by atoms with van der Waals surface area (Å²) in [4.78, 5) is 5.89. The zero-order valence-corrected chi connectivity index (χ0v) is 12.2. The number of rotatable bonds is 4. The van der Waals surface area contributed by atoms with Gasteiger partial charge in [-0.25, -0.2) is 4.98 Å². The summed E-state index contributed by atoms with van der Waals surface area (Å²) in [5, 5.41) is 4.78. The van der Waals surface area contributed by atoms with Gasteiger partial charge in [0, 0.05) is 29.2 Å².